The predicted molar refractivity (Wildman–Crippen MR) is 95.8 cm³/mol. The van der Waals surface area contributed by atoms with Gasteiger partial charge in [-0.15, -0.1) is 0 Å². The maximum Gasteiger partial charge on any atom is 0.416 e. The number of nitrogens with zero attached hydrogens (tertiary/aromatic N) is 1. The van der Waals surface area contributed by atoms with Crippen molar-refractivity contribution >= 4 is 35.1 Å². The van der Waals surface area contributed by atoms with Crippen LogP contribution in [0.4, 0.5) is 23.7 Å². The number of urea groups is 1. The van der Waals surface area contributed by atoms with E-state index in [2.05, 4.69) is 10.6 Å². The van der Waals surface area contributed by atoms with Gasteiger partial charge in [0, 0.05) is 0 Å². The van der Waals surface area contributed by atoms with E-state index in [0.29, 0.717) is 18.9 Å². The fourth-order valence-corrected chi connectivity index (χ4v) is 3.79. The Kier molecular flexibility index (Phi) is 5.56. The van der Waals surface area contributed by atoms with Crippen LogP contribution in [-0.2, 0) is 15.8 Å². The van der Waals surface area contributed by atoms with Crippen LogP contribution >= 0.6 is 11.6 Å². The third-order valence-electron chi connectivity index (χ3n) is 5.07. The molecule has 1 aromatic carbocycles. The summed E-state index contributed by atoms with van der Waals surface area (Å²) in [5, 5.41) is 4.87. The van der Waals surface area contributed by atoms with Gasteiger partial charge >= 0.3 is 12.2 Å². The van der Waals surface area contributed by atoms with Crippen molar-refractivity contribution < 1.29 is 27.6 Å². The highest BCUT2D eigenvalue weighted by Crippen LogP contribution is 2.34. The smallest absolute Gasteiger partial charge is 0.323 e. The molecule has 2 aliphatic rings. The molecule has 0 bridgehead atoms. The number of benzene rings is 1. The van der Waals surface area contributed by atoms with E-state index in [1.807, 2.05) is 0 Å². The number of amides is 4. The minimum atomic E-state index is -4.60. The van der Waals surface area contributed by atoms with Gasteiger partial charge in [-0.05, 0) is 31.0 Å². The molecule has 4 amide bonds. The Morgan fingerprint density at radius 3 is 2.43 bits per heavy atom. The van der Waals surface area contributed by atoms with Crippen LogP contribution in [0.3, 0.4) is 0 Å². The summed E-state index contributed by atoms with van der Waals surface area (Å²) in [5.41, 5.74) is -2.20. The summed E-state index contributed by atoms with van der Waals surface area (Å²) in [5.74, 6) is -1.28. The van der Waals surface area contributed by atoms with Crippen LogP contribution in [0, 0.1) is 0 Å². The Bertz CT molecular complexity index is 805. The van der Waals surface area contributed by atoms with E-state index < -0.39 is 41.7 Å². The van der Waals surface area contributed by atoms with Gasteiger partial charge in [0.15, 0.2) is 0 Å². The number of halogens is 4. The number of imide groups is 1. The normalized spacial score (nSPS) is 19.5. The Hall–Kier alpha value is -2.29. The second kappa shape index (κ2) is 7.62. The lowest BCUT2D eigenvalue weighted by molar-refractivity contribution is -0.137. The standard InChI is InChI=1S/C18H19ClF3N3O3/c19-12-6-5-11(18(20,21)22)9-13(12)23-14(26)10-25-15(27)17(24-16(25)28)7-3-1-2-4-8-17/h5-6,9H,1-4,7-8,10H2,(H,23,26)(H,24,28). The summed E-state index contributed by atoms with van der Waals surface area (Å²) in [6.07, 6.45) is -0.0400. The van der Waals surface area contributed by atoms with Crippen LogP contribution in [0.2, 0.25) is 5.02 Å². The molecule has 1 aliphatic carbocycles. The first-order valence-corrected chi connectivity index (χ1v) is 9.31. The number of carbonyl (C=O) groups excluding carboxylic acids is 3. The fourth-order valence-electron chi connectivity index (χ4n) is 3.62. The average molecular weight is 418 g/mol. The molecule has 2 fully saturated rings. The van der Waals surface area contributed by atoms with Gasteiger partial charge in [0.05, 0.1) is 16.3 Å². The summed E-state index contributed by atoms with van der Waals surface area (Å²) < 4.78 is 38.5. The molecule has 10 heteroatoms. The molecule has 0 unspecified atom stereocenters. The summed E-state index contributed by atoms with van der Waals surface area (Å²) >= 11 is 5.86. The van der Waals surface area contributed by atoms with Crippen molar-refractivity contribution in [3.05, 3.63) is 28.8 Å². The molecule has 152 valence electrons. The predicted octanol–water partition coefficient (Wildman–Crippen LogP) is 3.94. The molecule has 1 aliphatic heterocycles. The van der Waals surface area contributed by atoms with Crippen LogP contribution in [0.5, 0.6) is 0 Å². The zero-order valence-electron chi connectivity index (χ0n) is 14.9. The van der Waals surface area contributed by atoms with Gasteiger partial charge < -0.3 is 10.6 Å². The maximum absolute atomic E-state index is 12.8. The van der Waals surface area contributed by atoms with Gasteiger partial charge in [0.2, 0.25) is 5.91 Å². The first-order chi connectivity index (χ1) is 13.1. The molecule has 1 aromatic rings. The lowest BCUT2D eigenvalue weighted by Crippen LogP contribution is -2.47. The monoisotopic (exact) mass is 417 g/mol. The van der Waals surface area contributed by atoms with Gasteiger partial charge in [-0.3, -0.25) is 14.5 Å². The third kappa shape index (κ3) is 4.09. The third-order valence-corrected chi connectivity index (χ3v) is 5.40. The van der Waals surface area contributed by atoms with Crippen molar-refractivity contribution in [2.45, 2.75) is 50.2 Å². The van der Waals surface area contributed by atoms with E-state index in [-0.39, 0.29) is 10.7 Å². The molecule has 0 aromatic heterocycles. The van der Waals surface area contributed by atoms with Crippen molar-refractivity contribution in [3.63, 3.8) is 0 Å². The molecule has 1 saturated heterocycles. The summed E-state index contributed by atoms with van der Waals surface area (Å²) in [6, 6.07) is 1.86. The van der Waals surface area contributed by atoms with E-state index in [4.69, 9.17) is 11.6 Å². The average Bonchev–Trinajstić information content (AvgIpc) is 2.78. The Labute approximate surface area is 164 Å². The molecular weight excluding hydrogens is 399 g/mol. The van der Waals surface area contributed by atoms with E-state index in [1.165, 1.54) is 0 Å². The van der Waals surface area contributed by atoms with Crippen LogP contribution in [0.25, 0.3) is 0 Å². The first kappa shape index (κ1) is 20.4. The lowest BCUT2D eigenvalue weighted by atomic mass is 9.90. The van der Waals surface area contributed by atoms with Crippen molar-refractivity contribution in [1.82, 2.24) is 10.2 Å². The van der Waals surface area contributed by atoms with Crippen molar-refractivity contribution in [1.29, 1.82) is 0 Å². The highest BCUT2D eigenvalue weighted by atomic mass is 35.5. The van der Waals surface area contributed by atoms with Crippen molar-refractivity contribution in [2.24, 2.45) is 0 Å². The Morgan fingerprint density at radius 1 is 1.18 bits per heavy atom. The molecule has 6 nitrogen and oxygen atoms in total. The highest BCUT2D eigenvalue weighted by Gasteiger charge is 2.51. The van der Waals surface area contributed by atoms with Gasteiger partial charge in [-0.2, -0.15) is 13.2 Å². The second-order valence-corrected chi connectivity index (χ2v) is 7.47. The van der Waals surface area contributed by atoms with Crippen molar-refractivity contribution in [2.75, 3.05) is 11.9 Å². The lowest BCUT2D eigenvalue weighted by Gasteiger charge is -2.24. The maximum atomic E-state index is 12.8. The largest absolute Gasteiger partial charge is 0.416 e. The quantitative estimate of drug-likeness (QED) is 0.731. The summed E-state index contributed by atoms with van der Waals surface area (Å²) in [4.78, 5) is 38.1. The Morgan fingerprint density at radius 2 is 1.82 bits per heavy atom. The number of alkyl halides is 3. The minimum Gasteiger partial charge on any atom is -0.323 e. The molecule has 0 atom stereocenters. The summed E-state index contributed by atoms with van der Waals surface area (Å²) in [7, 11) is 0. The van der Waals surface area contributed by atoms with E-state index in [1.54, 1.807) is 0 Å². The topological polar surface area (TPSA) is 78.5 Å². The van der Waals surface area contributed by atoms with Crippen LogP contribution in [0.15, 0.2) is 18.2 Å². The number of carbonyl (C=O) groups is 3. The number of nitrogens with one attached hydrogen (secondary N) is 2. The van der Waals surface area contributed by atoms with Crippen LogP contribution in [-0.4, -0.2) is 34.8 Å². The van der Waals surface area contributed by atoms with Gasteiger partial charge in [-0.25, -0.2) is 4.79 Å². The van der Waals surface area contributed by atoms with Gasteiger partial charge in [0.25, 0.3) is 5.91 Å². The molecule has 1 heterocycles. The zero-order chi connectivity index (χ0) is 20.5. The van der Waals surface area contributed by atoms with Crippen LogP contribution < -0.4 is 10.6 Å². The minimum absolute atomic E-state index is 0.0845. The molecule has 2 N–H and O–H groups in total. The molecule has 0 radical (unpaired) electrons. The SMILES string of the molecule is O=C(CN1C(=O)NC2(CCCCCC2)C1=O)Nc1cc(C(F)(F)F)ccc1Cl. The number of hydrogen-bond acceptors (Lipinski definition) is 3. The number of anilines is 1. The van der Waals surface area contributed by atoms with E-state index in [9.17, 15) is 27.6 Å². The van der Waals surface area contributed by atoms with E-state index >= 15 is 0 Å². The molecule has 3 rings (SSSR count). The van der Waals surface area contributed by atoms with Crippen LogP contribution in [0.1, 0.15) is 44.1 Å². The highest BCUT2D eigenvalue weighted by molar-refractivity contribution is 6.33. The summed E-state index contributed by atoms with van der Waals surface area (Å²) in [6.45, 7) is -0.598. The van der Waals surface area contributed by atoms with Gasteiger partial charge in [0.1, 0.15) is 12.1 Å². The van der Waals surface area contributed by atoms with Gasteiger partial charge in [-0.1, -0.05) is 37.3 Å². The first-order valence-electron chi connectivity index (χ1n) is 8.93. The molecule has 28 heavy (non-hydrogen) atoms. The molecule has 1 saturated carbocycles. The van der Waals surface area contributed by atoms with Crippen molar-refractivity contribution in [3.8, 4) is 0 Å². The number of hydrogen-bond donors (Lipinski definition) is 2. The second-order valence-electron chi connectivity index (χ2n) is 7.06. The zero-order valence-corrected chi connectivity index (χ0v) is 15.6. The molecule has 1 spiro atoms. The van der Waals surface area contributed by atoms with E-state index in [0.717, 1.165) is 42.7 Å². The fraction of sp³-hybridized carbons (Fsp3) is 0.500. The Balaban J connectivity index is 1.71. The number of rotatable bonds is 3. The molecular formula is C18H19ClF3N3O3.